The van der Waals surface area contributed by atoms with Gasteiger partial charge in [-0.2, -0.15) is 5.10 Å². The summed E-state index contributed by atoms with van der Waals surface area (Å²) in [4.78, 5) is 12.3. The number of urea groups is 1. The molecule has 0 radical (unpaired) electrons. The number of anilines is 1. The van der Waals surface area contributed by atoms with Gasteiger partial charge in [-0.05, 0) is 41.3 Å². The fourth-order valence-electron chi connectivity index (χ4n) is 3.08. The minimum Gasteiger partial charge on any atom is -0.351 e. The fourth-order valence-corrected chi connectivity index (χ4v) is 3.08. The molecule has 0 saturated carbocycles. The number of aryl methyl sites for hydroxylation is 2. The molecule has 0 atom stereocenters. The Morgan fingerprint density at radius 1 is 1.12 bits per heavy atom. The molecule has 6 nitrogen and oxygen atoms in total. The molecule has 2 heterocycles. The number of carbonyl (C=O) groups excluding carboxylic acids is 1. The van der Waals surface area contributed by atoms with Gasteiger partial charge in [-0.3, -0.25) is 4.68 Å². The van der Waals surface area contributed by atoms with Crippen molar-refractivity contribution in [2.75, 3.05) is 5.32 Å². The van der Waals surface area contributed by atoms with Crippen molar-refractivity contribution in [1.29, 1.82) is 0 Å². The number of rotatable bonds is 3. The van der Waals surface area contributed by atoms with E-state index in [0.717, 1.165) is 22.2 Å². The first kappa shape index (κ1) is 15.3. The Balaban J connectivity index is 1.46. The van der Waals surface area contributed by atoms with Gasteiger partial charge < -0.3 is 15.2 Å². The van der Waals surface area contributed by atoms with Crippen LogP contribution in [0.15, 0.2) is 54.9 Å². The van der Waals surface area contributed by atoms with Crippen LogP contribution in [0.5, 0.6) is 0 Å². The van der Waals surface area contributed by atoms with Gasteiger partial charge in [0.1, 0.15) is 0 Å². The lowest BCUT2D eigenvalue weighted by molar-refractivity contribution is 0.252. The fraction of sp³-hybridized carbons (Fsp3) is 0.158. The zero-order valence-corrected chi connectivity index (χ0v) is 14.2. The number of hydrogen-bond donors (Lipinski definition) is 2. The molecule has 0 bridgehead atoms. The largest absolute Gasteiger partial charge is 0.351 e. The molecule has 126 valence electrons. The molecule has 2 aromatic carbocycles. The zero-order chi connectivity index (χ0) is 17.4. The van der Waals surface area contributed by atoms with Crippen LogP contribution in [0.3, 0.4) is 0 Å². The molecule has 4 rings (SSSR count). The van der Waals surface area contributed by atoms with E-state index in [1.807, 2.05) is 44.6 Å². The number of nitrogens with zero attached hydrogens (tertiary/aromatic N) is 3. The Labute approximate surface area is 145 Å². The van der Waals surface area contributed by atoms with Crippen LogP contribution < -0.4 is 10.6 Å². The Hall–Kier alpha value is -3.28. The van der Waals surface area contributed by atoms with E-state index in [1.165, 1.54) is 10.9 Å². The van der Waals surface area contributed by atoms with Crippen molar-refractivity contribution in [3.05, 3.63) is 60.4 Å². The van der Waals surface area contributed by atoms with Gasteiger partial charge in [0.25, 0.3) is 0 Å². The van der Waals surface area contributed by atoms with Crippen molar-refractivity contribution >= 4 is 33.5 Å². The number of benzene rings is 2. The molecule has 0 aliphatic rings. The van der Waals surface area contributed by atoms with Crippen LogP contribution in [0.25, 0.3) is 21.8 Å². The number of aromatic nitrogens is 3. The Morgan fingerprint density at radius 3 is 2.88 bits per heavy atom. The maximum absolute atomic E-state index is 12.3. The number of hydrogen-bond acceptors (Lipinski definition) is 2. The smallest absolute Gasteiger partial charge is 0.319 e. The normalized spacial score (nSPS) is 11.1. The molecule has 0 saturated heterocycles. The lowest BCUT2D eigenvalue weighted by atomic mass is 10.1. The van der Waals surface area contributed by atoms with Crippen molar-refractivity contribution < 1.29 is 4.79 Å². The number of amides is 2. The highest BCUT2D eigenvalue weighted by molar-refractivity contribution is 6.00. The molecule has 0 spiro atoms. The quantitative estimate of drug-likeness (QED) is 0.604. The second-order valence-corrected chi connectivity index (χ2v) is 6.13. The lowest BCUT2D eigenvalue weighted by Gasteiger charge is -2.09. The van der Waals surface area contributed by atoms with Crippen LogP contribution in [0.1, 0.15) is 5.56 Å². The van der Waals surface area contributed by atoms with Crippen molar-refractivity contribution in [2.45, 2.75) is 6.54 Å². The van der Waals surface area contributed by atoms with E-state index in [2.05, 4.69) is 38.5 Å². The third-order valence-electron chi connectivity index (χ3n) is 4.44. The summed E-state index contributed by atoms with van der Waals surface area (Å²) in [5, 5.41) is 12.1. The summed E-state index contributed by atoms with van der Waals surface area (Å²) in [6.45, 7) is 0.472. The molecule has 0 aliphatic heterocycles. The number of nitrogens with one attached hydrogen (secondary N) is 2. The third kappa shape index (κ3) is 2.82. The van der Waals surface area contributed by atoms with Crippen LogP contribution >= 0.6 is 0 Å². The average Bonchev–Trinajstić information content (AvgIpc) is 3.17. The highest BCUT2D eigenvalue weighted by Crippen LogP contribution is 2.22. The topological polar surface area (TPSA) is 63.9 Å². The van der Waals surface area contributed by atoms with E-state index >= 15 is 0 Å². The van der Waals surface area contributed by atoms with Crippen LogP contribution in [0.4, 0.5) is 10.5 Å². The molecule has 4 aromatic rings. The van der Waals surface area contributed by atoms with Crippen LogP contribution in [0.2, 0.25) is 0 Å². The van der Waals surface area contributed by atoms with Crippen molar-refractivity contribution in [3.63, 3.8) is 0 Å². The molecule has 25 heavy (non-hydrogen) atoms. The standard InChI is InChI=1S/C19H19N5O/c1-23-9-8-14-10-13(6-7-17(14)23)11-20-19(25)22-16-4-3-5-18-15(16)12-21-24(18)2/h3-10,12H,11H2,1-2H3,(H2,20,22,25). The van der Waals surface area contributed by atoms with E-state index in [-0.39, 0.29) is 6.03 Å². The van der Waals surface area contributed by atoms with E-state index < -0.39 is 0 Å². The van der Waals surface area contributed by atoms with Gasteiger partial charge in [0.05, 0.1) is 17.4 Å². The van der Waals surface area contributed by atoms with Crippen LogP contribution in [0, 0.1) is 0 Å². The average molecular weight is 333 g/mol. The molecular weight excluding hydrogens is 314 g/mol. The van der Waals surface area contributed by atoms with Gasteiger partial charge >= 0.3 is 6.03 Å². The lowest BCUT2D eigenvalue weighted by Crippen LogP contribution is -2.28. The molecular formula is C19H19N5O. The third-order valence-corrected chi connectivity index (χ3v) is 4.44. The predicted molar refractivity (Wildman–Crippen MR) is 99.5 cm³/mol. The number of fused-ring (bicyclic) bond motifs is 2. The molecule has 0 aliphatic carbocycles. The second-order valence-electron chi connectivity index (χ2n) is 6.13. The highest BCUT2D eigenvalue weighted by atomic mass is 16.2. The van der Waals surface area contributed by atoms with Gasteiger partial charge in [0, 0.05) is 37.7 Å². The monoisotopic (exact) mass is 333 g/mol. The molecule has 2 aromatic heterocycles. The minimum atomic E-state index is -0.232. The van der Waals surface area contributed by atoms with Gasteiger partial charge in [-0.1, -0.05) is 12.1 Å². The molecule has 6 heteroatoms. The van der Waals surface area contributed by atoms with E-state index in [1.54, 1.807) is 10.9 Å². The summed E-state index contributed by atoms with van der Waals surface area (Å²) in [5.74, 6) is 0. The Kier molecular flexibility index (Phi) is 3.65. The summed E-state index contributed by atoms with van der Waals surface area (Å²) in [6.07, 6.45) is 3.79. The van der Waals surface area contributed by atoms with Gasteiger partial charge in [-0.15, -0.1) is 0 Å². The van der Waals surface area contributed by atoms with E-state index in [9.17, 15) is 4.79 Å². The molecule has 0 unspecified atom stereocenters. The SMILES string of the molecule is Cn1ccc2cc(CNC(=O)Nc3cccc4c3cnn4C)ccc21. The molecule has 2 amide bonds. The first-order chi connectivity index (χ1) is 12.1. The van der Waals surface area contributed by atoms with Gasteiger partial charge in [-0.25, -0.2) is 4.79 Å². The van der Waals surface area contributed by atoms with Gasteiger partial charge in [0.2, 0.25) is 0 Å². The highest BCUT2D eigenvalue weighted by Gasteiger charge is 2.08. The summed E-state index contributed by atoms with van der Waals surface area (Å²) in [5.41, 5.74) is 3.97. The van der Waals surface area contributed by atoms with Crippen LogP contribution in [-0.2, 0) is 20.6 Å². The maximum Gasteiger partial charge on any atom is 0.319 e. The van der Waals surface area contributed by atoms with Crippen LogP contribution in [-0.4, -0.2) is 20.4 Å². The van der Waals surface area contributed by atoms with E-state index in [0.29, 0.717) is 6.54 Å². The van der Waals surface area contributed by atoms with Crippen molar-refractivity contribution in [3.8, 4) is 0 Å². The second kappa shape index (κ2) is 5.98. The van der Waals surface area contributed by atoms with E-state index in [4.69, 9.17) is 0 Å². The van der Waals surface area contributed by atoms with Crippen molar-refractivity contribution in [1.82, 2.24) is 19.7 Å². The maximum atomic E-state index is 12.3. The summed E-state index contributed by atoms with van der Waals surface area (Å²) in [6, 6.07) is 13.8. The summed E-state index contributed by atoms with van der Waals surface area (Å²) >= 11 is 0. The van der Waals surface area contributed by atoms with Gasteiger partial charge in [0.15, 0.2) is 0 Å². The molecule has 2 N–H and O–H groups in total. The zero-order valence-electron chi connectivity index (χ0n) is 14.2. The summed E-state index contributed by atoms with van der Waals surface area (Å²) in [7, 11) is 3.90. The minimum absolute atomic E-state index is 0.232. The number of carbonyl (C=O) groups is 1. The first-order valence-electron chi connectivity index (χ1n) is 8.11. The first-order valence-corrected chi connectivity index (χ1v) is 8.11. The molecule has 0 fully saturated rings. The predicted octanol–water partition coefficient (Wildman–Crippen LogP) is 3.39. The summed E-state index contributed by atoms with van der Waals surface area (Å²) < 4.78 is 3.86. The Morgan fingerprint density at radius 2 is 2.00 bits per heavy atom. The van der Waals surface area contributed by atoms with Crippen molar-refractivity contribution in [2.24, 2.45) is 14.1 Å². The Bertz CT molecular complexity index is 1080.